The molecule has 0 bridgehead atoms. The van der Waals surface area contributed by atoms with Gasteiger partial charge in [-0.25, -0.2) is 4.79 Å². The highest BCUT2D eigenvalue weighted by Gasteiger charge is 2.16. The maximum Gasteiger partial charge on any atom is 0.335 e. The minimum Gasteiger partial charge on any atom is -0.478 e. The van der Waals surface area contributed by atoms with Crippen LogP contribution in [0.25, 0.3) is 11.3 Å². The van der Waals surface area contributed by atoms with E-state index in [0.29, 0.717) is 11.3 Å². The maximum absolute atomic E-state index is 12.4. The minimum absolute atomic E-state index is 0.0427. The standard InChI is InChI=1S/C20H15N3O6S/c1-11-5-6-13(19(25)26)10-15(11)21-20(30)22-18(24)17-8-7-16(29-17)12-3-2-4-14(9-12)23(27)28/h2-10H,1H3,(H,25,26)(H2,21,22,24,30). The van der Waals surface area contributed by atoms with E-state index in [1.54, 1.807) is 19.1 Å². The molecule has 1 aromatic heterocycles. The Morgan fingerprint density at radius 2 is 1.90 bits per heavy atom. The van der Waals surface area contributed by atoms with Crippen molar-refractivity contribution in [3.63, 3.8) is 0 Å². The fourth-order valence-corrected chi connectivity index (χ4v) is 2.80. The van der Waals surface area contributed by atoms with Crippen LogP contribution in [-0.4, -0.2) is 27.0 Å². The lowest BCUT2D eigenvalue weighted by Gasteiger charge is -2.11. The Kier molecular flexibility index (Phi) is 5.88. The van der Waals surface area contributed by atoms with E-state index in [2.05, 4.69) is 10.6 Å². The quantitative estimate of drug-likeness (QED) is 0.317. The van der Waals surface area contributed by atoms with Gasteiger partial charge in [0.05, 0.1) is 10.5 Å². The number of aromatic carboxylic acids is 1. The molecule has 0 aliphatic heterocycles. The number of carboxylic acids is 1. The van der Waals surface area contributed by atoms with Crippen molar-refractivity contribution in [3.8, 4) is 11.3 Å². The monoisotopic (exact) mass is 425 g/mol. The van der Waals surface area contributed by atoms with Gasteiger partial charge in [0.25, 0.3) is 11.6 Å². The van der Waals surface area contributed by atoms with E-state index in [9.17, 15) is 19.7 Å². The first-order valence-corrected chi connectivity index (χ1v) is 8.96. The normalized spacial score (nSPS) is 10.3. The van der Waals surface area contributed by atoms with Gasteiger partial charge in [-0.1, -0.05) is 18.2 Å². The molecule has 3 rings (SSSR count). The van der Waals surface area contributed by atoms with Gasteiger partial charge in [-0.05, 0) is 49.0 Å². The first-order chi connectivity index (χ1) is 14.2. The van der Waals surface area contributed by atoms with Gasteiger partial charge in [0.2, 0.25) is 0 Å². The number of non-ortho nitro benzene ring substituents is 1. The van der Waals surface area contributed by atoms with Gasteiger partial charge in [-0.15, -0.1) is 0 Å². The molecule has 1 amide bonds. The molecule has 10 heteroatoms. The molecule has 3 aromatic rings. The summed E-state index contributed by atoms with van der Waals surface area (Å²) in [7, 11) is 0. The van der Waals surface area contributed by atoms with Crippen molar-refractivity contribution in [1.82, 2.24) is 5.32 Å². The van der Waals surface area contributed by atoms with E-state index < -0.39 is 16.8 Å². The van der Waals surface area contributed by atoms with Crippen molar-refractivity contribution < 1.29 is 24.0 Å². The number of rotatable bonds is 5. The van der Waals surface area contributed by atoms with Crippen LogP contribution in [0.1, 0.15) is 26.5 Å². The number of nitrogens with zero attached hydrogens (tertiary/aromatic N) is 1. The Labute approximate surface area is 175 Å². The van der Waals surface area contributed by atoms with Crippen LogP contribution in [0.3, 0.4) is 0 Å². The molecule has 30 heavy (non-hydrogen) atoms. The highest BCUT2D eigenvalue weighted by Crippen LogP contribution is 2.25. The topological polar surface area (TPSA) is 135 Å². The average molecular weight is 425 g/mol. The van der Waals surface area contributed by atoms with E-state index in [1.165, 1.54) is 42.5 Å². The number of nitrogens with one attached hydrogen (secondary N) is 2. The number of carboxylic acid groups (broad SMARTS) is 1. The second-order valence-corrected chi connectivity index (χ2v) is 6.62. The van der Waals surface area contributed by atoms with Crippen molar-refractivity contribution in [2.75, 3.05) is 5.32 Å². The second kappa shape index (κ2) is 8.53. The zero-order valence-electron chi connectivity index (χ0n) is 15.5. The molecule has 0 radical (unpaired) electrons. The van der Waals surface area contributed by atoms with Crippen LogP contribution in [0, 0.1) is 17.0 Å². The summed E-state index contributed by atoms with van der Waals surface area (Å²) >= 11 is 5.12. The number of thiocarbonyl (C=S) groups is 1. The fourth-order valence-electron chi connectivity index (χ4n) is 2.60. The van der Waals surface area contributed by atoms with Crippen molar-refractivity contribution in [1.29, 1.82) is 0 Å². The first-order valence-electron chi connectivity index (χ1n) is 8.55. The third kappa shape index (κ3) is 4.67. The molecule has 0 aliphatic rings. The number of benzene rings is 2. The predicted octanol–water partition coefficient (Wildman–Crippen LogP) is 3.99. The van der Waals surface area contributed by atoms with Crippen molar-refractivity contribution in [2.45, 2.75) is 6.92 Å². The van der Waals surface area contributed by atoms with Gasteiger partial charge >= 0.3 is 5.97 Å². The largest absolute Gasteiger partial charge is 0.478 e. The lowest BCUT2D eigenvalue weighted by molar-refractivity contribution is -0.384. The highest BCUT2D eigenvalue weighted by molar-refractivity contribution is 7.80. The van der Waals surface area contributed by atoms with Crippen LogP contribution in [-0.2, 0) is 0 Å². The molecular weight excluding hydrogens is 410 g/mol. The van der Waals surface area contributed by atoms with Gasteiger partial charge in [0, 0.05) is 23.4 Å². The molecule has 0 aliphatic carbocycles. The lowest BCUT2D eigenvalue weighted by atomic mass is 10.1. The molecule has 0 unspecified atom stereocenters. The molecular formula is C20H15N3O6S. The van der Waals surface area contributed by atoms with Crippen LogP contribution in [0.4, 0.5) is 11.4 Å². The van der Waals surface area contributed by atoms with E-state index >= 15 is 0 Å². The number of hydrogen-bond donors (Lipinski definition) is 3. The number of furan rings is 1. The summed E-state index contributed by atoms with van der Waals surface area (Å²) in [4.78, 5) is 33.9. The second-order valence-electron chi connectivity index (χ2n) is 6.21. The molecule has 1 heterocycles. The Balaban J connectivity index is 1.71. The third-order valence-corrected chi connectivity index (χ3v) is 4.34. The third-order valence-electron chi connectivity index (χ3n) is 4.13. The number of hydrogen-bond acceptors (Lipinski definition) is 6. The van der Waals surface area contributed by atoms with E-state index in [-0.39, 0.29) is 27.9 Å². The number of aryl methyl sites for hydroxylation is 1. The van der Waals surface area contributed by atoms with Crippen LogP contribution < -0.4 is 10.6 Å². The van der Waals surface area contributed by atoms with Crippen LogP contribution in [0.2, 0.25) is 0 Å². The van der Waals surface area contributed by atoms with E-state index in [1.807, 2.05) is 0 Å². The Bertz CT molecular complexity index is 1170. The Morgan fingerprint density at radius 1 is 1.13 bits per heavy atom. The summed E-state index contributed by atoms with van der Waals surface area (Å²) in [5.74, 6) is -1.47. The van der Waals surface area contributed by atoms with Crippen molar-refractivity contribution >= 4 is 40.6 Å². The summed E-state index contributed by atoms with van der Waals surface area (Å²) < 4.78 is 5.49. The summed E-state index contributed by atoms with van der Waals surface area (Å²) in [6.45, 7) is 1.76. The van der Waals surface area contributed by atoms with Gasteiger partial charge in [0.1, 0.15) is 5.76 Å². The molecule has 9 nitrogen and oxygen atoms in total. The van der Waals surface area contributed by atoms with Gasteiger partial charge in [-0.2, -0.15) is 0 Å². The number of carbonyl (C=O) groups excluding carboxylic acids is 1. The lowest BCUT2D eigenvalue weighted by Crippen LogP contribution is -2.34. The predicted molar refractivity (Wildman–Crippen MR) is 113 cm³/mol. The molecule has 0 fully saturated rings. The fraction of sp³-hybridized carbons (Fsp3) is 0.0500. The van der Waals surface area contributed by atoms with E-state index in [4.69, 9.17) is 21.7 Å². The minimum atomic E-state index is -1.09. The molecule has 0 saturated heterocycles. The number of carbonyl (C=O) groups is 2. The molecule has 0 saturated carbocycles. The number of nitro benzene ring substituents is 1. The molecule has 152 valence electrons. The van der Waals surface area contributed by atoms with Gasteiger partial charge in [-0.3, -0.25) is 20.2 Å². The van der Waals surface area contributed by atoms with Crippen LogP contribution in [0.5, 0.6) is 0 Å². The first kappa shape index (κ1) is 20.7. The van der Waals surface area contributed by atoms with Gasteiger partial charge in [0.15, 0.2) is 10.9 Å². The summed E-state index contributed by atoms with van der Waals surface area (Å²) in [6.07, 6.45) is 0. The van der Waals surface area contributed by atoms with Crippen LogP contribution >= 0.6 is 12.2 Å². The molecule has 0 spiro atoms. The number of anilines is 1. The smallest absolute Gasteiger partial charge is 0.335 e. The average Bonchev–Trinajstić information content (AvgIpc) is 3.20. The van der Waals surface area contributed by atoms with E-state index in [0.717, 1.165) is 5.56 Å². The van der Waals surface area contributed by atoms with Crippen LogP contribution in [0.15, 0.2) is 59.0 Å². The molecule has 0 atom stereocenters. The summed E-state index contributed by atoms with van der Waals surface area (Å²) in [6, 6.07) is 13.3. The maximum atomic E-state index is 12.4. The number of nitro groups is 1. The van der Waals surface area contributed by atoms with Gasteiger partial charge < -0.3 is 14.8 Å². The molecule has 2 aromatic carbocycles. The summed E-state index contributed by atoms with van der Waals surface area (Å²) in [5.41, 5.74) is 1.61. The highest BCUT2D eigenvalue weighted by atomic mass is 32.1. The van der Waals surface area contributed by atoms with Crippen molar-refractivity contribution in [3.05, 3.63) is 81.6 Å². The SMILES string of the molecule is Cc1ccc(C(=O)O)cc1NC(=S)NC(=O)c1ccc(-c2cccc([N+](=O)[O-])c2)o1. The Hall–Kier alpha value is -4.05. The zero-order valence-corrected chi connectivity index (χ0v) is 16.4. The zero-order chi connectivity index (χ0) is 21.8. The Morgan fingerprint density at radius 3 is 2.60 bits per heavy atom. The molecule has 3 N–H and O–H groups in total. The number of amides is 1. The van der Waals surface area contributed by atoms with Crippen molar-refractivity contribution in [2.24, 2.45) is 0 Å². The summed E-state index contributed by atoms with van der Waals surface area (Å²) in [5, 5.41) is 25.2.